The maximum atomic E-state index is 9.25. The molecule has 0 spiro atoms. The first-order valence-electron chi connectivity index (χ1n) is 1.14. The van der Waals surface area contributed by atoms with Gasteiger partial charge >= 0.3 is 48.9 Å². The number of rotatable bonds is 1. The molecule has 0 aromatic carbocycles. The summed E-state index contributed by atoms with van der Waals surface area (Å²) in [6, 6.07) is 0. The molecule has 0 saturated heterocycles. The van der Waals surface area contributed by atoms with Crippen LogP contribution in [0, 0.1) is 0 Å². The molecule has 0 radical (unpaired) electrons. The largest absolute Gasteiger partial charge is 2.00 e. The zero-order chi connectivity index (χ0) is 5.21. The van der Waals surface area contributed by atoms with E-state index in [1.165, 1.54) is 0 Å². The van der Waals surface area contributed by atoms with Crippen molar-refractivity contribution in [3.05, 3.63) is 0 Å². The molecular weight excluding hydrogens is 244 g/mol. The average Bonchev–Trinajstić information content (AvgIpc) is 1.35. The molecule has 0 aromatic heterocycles. The summed E-state index contributed by atoms with van der Waals surface area (Å²) >= 11 is 0. The molecule has 0 aliphatic rings. The van der Waals surface area contributed by atoms with Crippen molar-refractivity contribution in [3.63, 3.8) is 0 Å². The van der Waals surface area contributed by atoms with E-state index in [2.05, 4.69) is 4.52 Å². The Balaban J connectivity index is 0. The van der Waals surface area contributed by atoms with Crippen LogP contribution in [0.25, 0.3) is 0 Å². The second kappa shape index (κ2) is 4.55. The second-order valence-electron chi connectivity index (χ2n) is 0.630. The van der Waals surface area contributed by atoms with E-state index in [1.807, 2.05) is 0 Å². The molecule has 0 fully saturated rings. The van der Waals surface area contributed by atoms with Crippen LogP contribution in [0.15, 0.2) is 0 Å². The summed E-state index contributed by atoms with van der Waals surface area (Å²) in [4.78, 5) is 18.5. The van der Waals surface area contributed by atoms with E-state index in [0.29, 0.717) is 0 Å². The van der Waals surface area contributed by atoms with E-state index < -0.39 is 7.82 Å². The van der Waals surface area contributed by atoms with Crippen LogP contribution >= 0.6 is 7.82 Å². The van der Waals surface area contributed by atoms with Crippen LogP contribution < -0.4 is 9.79 Å². The fourth-order valence-electron chi connectivity index (χ4n) is 0. The van der Waals surface area contributed by atoms with Gasteiger partial charge in [-0.3, -0.25) is 0 Å². The normalized spacial score (nSPS) is 10.1. The molecule has 0 unspecified atom stereocenters. The third-order valence-corrected chi connectivity index (χ3v) is 0.671. The van der Waals surface area contributed by atoms with Crippen LogP contribution in [0.2, 0.25) is 0 Å². The Morgan fingerprint density at radius 1 is 1.57 bits per heavy atom. The van der Waals surface area contributed by atoms with Gasteiger partial charge in [0.15, 0.2) is 0 Å². The van der Waals surface area contributed by atoms with Gasteiger partial charge in [-0.25, -0.2) is 0 Å². The minimum absolute atomic E-state index is 0. The predicted octanol–water partition coefficient (Wildman–Crippen LogP) is -1.92. The first-order chi connectivity index (χ1) is 2.56. The van der Waals surface area contributed by atoms with Gasteiger partial charge in [-0.05, 0) is 0 Å². The van der Waals surface area contributed by atoms with Gasteiger partial charge in [-0.1, -0.05) is 0 Å². The van der Waals surface area contributed by atoms with Gasteiger partial charge < -0.3 is 18.9 Å². The summed E-state index contributed by atoms with van der Waals surface area (Å²) < 4.78 is 12.6. The third kappa shape index (κ3) is 11.3. The third-order valence-electron chi connectivity index (χ3n) is 0.224. The van der Waals surface area contributed by atoms with Gasteiger partial charge in [-0.15, -0.1) is 0 Å². The Hall–Kier alpha value is 1.68. The van der Waals surface area contributed by atoms with E-state index >= 15 is 0 Å². The Morgan fingerprint density at radius 2 is 1.71 bits per heavy atom. The van der Waals surface area contributed by atoms with Gasteiger partial charge in [0.25, 0.3) is 0 Å². The fourth-order valence-corrected chi connectivity index (χ4v) is 0. The predicted molar refractivity (Wildman–Crippen MR) is 20.4 cm³/mol. The average molecular weight is 247 g/mol. The quantitative estimate of drug-likeness (QED) is 0.400. The van der Waals surface area contributed by atoms with Gasteiger partial charge in [0, 0.05) is 7.11 Å². The SMILES string of the molecule is COP(=O)([O-])[O-].[Ba+2]. The number of hydrogen-bond donors (Lipinski definition) is 0. The van der Waals surface area contributed by atoms with E-state index in [0.717, 1.165) is 7.11 Å². The summed E-state index contributed by atoms with van der Waals surface area (Å²) in [7, 11) is -3.83. The van der Waals surface area contributed by atoms with Crippen molar-refractivity contribution in [1.29, 1.82) is 0 Å². The zero-order valence-electron chi connectivity index (χ0n) is 3.79. The van der Waals surface area contributed by atoms with Gasteiger partial charge in [-0.2, -0.15) is 0 Å². The molecule has 0 heterocycles. The molecular formula is CH3BaO4P. The Kier molecular flexibility index (Phi) is 7.46. The summed E-state index contributed by atoms with van der Waals surface area (Å²) in [6.45, 7) is 0. The molecule has 7 heavy (non-hydrogen) atoms. The molecule has 0 atom stereocenters. The molecule has 0 aliphatic heterocycles. The zero-order valence-corrected chi connectivity index (χ0v) is 9.12. The molecule has 0 aromatic rings. The smallest absolute Gasteiger partial charge is 0.790 e. The number of phosphoric acid groups is 1. The molecule has 0 N–H and O–H groups in total. The van der Waals surface area contributed by atoms with Crippen molar-refractivity contribution in [2.24, 2.45) is 0 Å². The maximum Gasteiger partial charge on any atom is 2.00 e. The van der Waals surface area contributed by atoms with Crippen LogP contribution in [0.1, 0.15) is 0 Å². The topological polar surface area (TPSA) is 72.4 Å². The van der Waals surface area contributed by atoms with Crippen molar-refractivity contribution < 1.29 is 18.9 Å². The van der Waals surface area contributed by atoms with E-state index in [1.54, 1.807) is 0 Å². The van der Waals surface area contributed by atoms with Crippen molar-refractivity contribution in [3.8, 4) is 0 Å². The second-order valence-corrected chi connectivity index (χ2v) is 1.89. The molecule has 6 heteroatoms. The fraction of sp³-hybridized carbons (Fsp3) is 1.00. The van der Waals surface area contributed by atoms with Gasteiger partial charge in [0.1, 0.15) is 0 Å². The van der Waals surface area contributed by atoms with Gasteiger partial charge in [0.2, 0.25) is 0 Å². The molecule has 38 valence electrons. The van der Waals surface area contributed by atoms with E-state index in [4.69, 9.17) is 0 Å². The van der Waals surface area contributed by atoms with Crippen LogP contribution in [-0.4, -0.2) is 56.0 Å². The first kappa shape index (κ1) is 11.5. The summed E-state index contributed by atoms with van der Waals surface area (Å²) in [5, 5.41) is 0. The van der Waals surface area contributed by atoms with Crippen LogP contribution in [0.3, 0.4) is 0 Å². The summed E-state index contributed by atoms with van der Waals surface area (Å²) in [6.07, 6.45) is 0. The van der Waals surface area contributed by atoms with Crippen LogP contribution in [-0.2, 0) is 9.09 Å². The van der Waals surface area contributed by atoms with Crippen molar-refractivity contribution in [2.75, 3.05) is 7.11 Å². The first-order valence-corrected chi connectivity index (χ1v) is 2.60. The summed E-state index contributed by atoms with van der Waals surface area (Å²) in [5.41, 5.74) is 0. The standard InChI is InChI=1S/CH5O4P.Ba/c1-5-6(2,3)4;/h1H3,(H2,2,3,4);/q;+2/p-2. The Bertz CT molecular complexity index is 75.8. The minimum Gasteiger partial charge on any atom is -0.790 e. The number of hydrogen-bond acceptors (Lipinski definition) is 4. The van der Waals surface area contributed by atoms with Crippen molar-refractivity contribution in [1.82, 2.24) is 0 Å². The van der Waals surface area contributed by atoms with Crippen LogP contribution in [0.5, 0.6) is 0 Å². The Labute approximate surface area is 81.6 Å². The summed E-state index contributed by atoms with van der Waals surface area (Å²) in [5.74, 6) is 0. The van der Waals surface area contributed by atoms with Crippen LogP contribution in [0.4, 0.5) is 0 Å². The van der Waals surface area contributed by atoms with E-state index in [9.17, 15) is 14.4 Å². The molecule has 0 saturated carbocycles. The molecule has 0 bridgehead atoms. The van der Waals surface area contributed by atoms with Crippen molar-refractivity contribution >= 4 is 56.7 Å². The number of phosphoric ester groups is 1. The Morgan fingerprint density at radius 3 is 1.71 bits per heavy atom. The molecule has 4 nitrogen and oxygen atoms in total. The van der Waals surface area contributed by atoms with Gasteiger partial charge in [0.05, 0.1) is 7.82 Å². The molecule has 0 aliphatic carbocycles. The molecule has 0 amide bonds. The van der Waals surface area contributed by atoms with Crippen molar-refractivity contribution in [2.45, 2.75) is 0 Å². The van der Waals surface area contributed by atoms with E-state index in [-0.39, 0.29) is 48.9 Å². The monoisotopic (exact) mass is 248 g/mol. The minimum atomic E-state index is -4.65. The maximum absolute atomic E-state index is 9.25. The molecule has 0 rings (SSSR count).